The number of aromatic nitrogens is 1. The number of carboxylic acids is 1. The van der Waals surface area contributed by atoms with Gasteiger partial charge in [-0.2, -0.15) is 0 Å². The number of hydrogen-bond donors (Lipinski definition) is 3. The van der Waals surface area contributed by atoms with Gasteiger partial charge in [-0.15, -0.1) is 0 Å². The monoisotopic (exact) mass is 343 g/mol. The number of aryl methyl sites for hydroxylation is 1. The van der Waals surface area contributed by atoms with Gasteiger partial charge in [0.15, 0.2) is 0 Å². The highest BCUT2D eigenvalue weighted by Gasteiger charge is 2.11. The zero-order valence-electron chi connectivity index (χ0n) is 14.2. The second-order valence-corrected chi connectivity index (χ2v) is 5.53. The van der Waals surface area contributed by atoms with Gasteiger partial charge in [0, 0.05) is 19.2 Å². The third-order valence-corrected chi connectivity index (χ3v) is 3.63. The molecule has 1 heterocycles. The van der Waals surface area contributed by atoms with E-state index in [1.165, 1.54) is 0 Å². The predicted octanol–water partition coefficient (Wildman–Crippen LogP) is 3.48. The molecule has 1 aromatic heterocycles. The van der Waals surface area contributed by atoms with Gasteiger partial charge >= 0.3 is 12.0 Å². The molecule has 2 rings (SSSR count). The Labute approximate surface area is 146 Å². The van der Waals surface area contributed by atoms with Crippen LogP contribution in [-0.4, -0.2) is 28.6 Å². The Bertz CT molecular complexity index is 762. The number of rotatable bonds is 7. The third kappa shape index (κ3) is 5.49. The summed E-state index contributed by atoms with van der Waals surface area (Å²) in [4.78, 5) is 26.6. The molecule has 0 spiro atoms. The van der Waals surface area contributed by atoms with Crippen molar-refractivity contribution in [3.05, 3.63) is 47.7 Å². The Morgan fingerprint density at radius 2 is 2.00 bits per heavy atom. The Morgan fingerprint density at radius 3 is 2.76 bits per heavy atom. The number of anilines is 1. The fourth-order valence-corrected chi connectivity index (χ4v) is 2.11. The molecule has 0 aliphatic carbocycles. The quantitative estimate of drug-likeness (QED) is 0.668. The van der Waals surface area contributed by atoms with E-state index < -0.39 is 12.0 Å². The van der Waals surface area contributed by atoms with Crippen molar-refractivity contribution in [1.82, 2.24) is 10.3 Å². The van der Waals surface area contributed by atoms with E-state index in [4.69, 9.17) is 9.84 Å². The van der Waals surface area contributed by atoms with E-state index in [1.54, 1.807) is 18.3 Å². The molecular formula is C18H21N3O4. The van der Waals surface area contributed by atoms with Gasteiger partial charge in [0.2, 0.25) is 5.88 Å². The molecule has 0 aliphatic rings. The molecule has 0 atom stereocenters. The summed E-state index contributed by atoms with van der Waals surface area (Å²) in [6, 6.07) is 8.66. The smallest absolute Gasteiger partial charge is 0.319 e. The number of nitrogens with one attached hydrogen (secondary N) is 2. The highest BCUT2D eigenvalue weighted by Crippen LogP contribution is 2.30. The van der Waals surface area contributed by atoms with Crippen LogP contribution in [0.1, 0.15) is 24.0 Å². The molecular weight excluding hydrogens is 322 g/mol. The highest BCUT2D eigenvalue weighted by atomic mass is 16.5. The van der Waals surface area contributed by atoms with Gasteiger partial charge in [-0.25, -0.2) is 9.78 Å². The zero-order chi connectivity index (χ0) is 18.2. The lowest BCUT2D eigenvalue weighted by Crippen LogP contribution is -2.30. The topological polar surface area (TPSA) is 101 Å². The van der Waals surface area contributed by atoms with Crippen LogP contribution in [0.5, 0.6) is 11.6 Å². The number of aliphatic carboxylic acids is 1. The maximum Gasteiger partial charge on any atom is 0.319 e. The number of ether oxygens (including phenoxy) is 1. The standard InChI is InChI=1S/C18H21N3O4/c1-12-6-3-8-15(13(12)2)25-17-14(7-4-10-19-17)21-18(24)20-11-5-9-16(22)23/h3-4,6-8,10H,5,9,11H2,1-2H3,(H,22,23)(H2,20,21,24). The van der Waals surface area contributed by atoms with E-state index in [0.717, 1.165) is 11.1 Å². The largest absolute Gasteiger partial charge is 0.481 e. The lowest BCUT2D eigenvalue weighted by atomic mass is 10.1. The van der Waals surface area contributed by atoms with Crippen LogP contribution in [-0.2, 0) is 4.79 Å². The minimum absolute atomic E-state index is 0.00810. The lowest BCUT2D eigenvalue weighted by molar-refractivity contribution is -0.137. The fourth-order valence-electron chi connectivity index (χ4n) is 2.11. The first kappa shape index (κ1) is 18.3. The molecule has 2 aromatic rings. The average Bonchev–Trinajstić information content (AvgIpc) is 2.57. The van der Waals surface area contributed by atoms with Crippen molar-refractivity contribution in [3.63, 3.8) is 0 Å². The van der Waals surface area contributed by atoms with Gasteiger partial charge in [-0.05, 0) is 49.6 Å². The van der Waals surface area contributed by atoms with Crippen LogP contribution in [0, 0.1) is 13.8 Å². The number of pyridine rings is 1. The van der Waals surface area contributed by atoms with Crippen molar-refractivity contribution in [3.8, 4) is 11.6 Å². The molecule has 0 saturated carbocycles. The van der Waals surface area contributed by atoms with Crippen molar-refractivity contribution in [2.75, 3.05) is 11.9 Å². The van der Waals surface area contributed by atoms with E-state index in [1.807, 2.05) is 32.0 Å². The zero-order valence-corrected chi connectivity index (χ0v) is 14.2. The number of benzene rings is 1. The summed E-state index contributed by atoms with van der Waals surface area (Å²) in [5.41, 5.74) is 2.52. The second kappa shape index (κ2) is 8.68. The van der Waals surface area contributed by atoms with E-state index >= 15 is 0 Å². The van der Waals surface area contributed by atoms with Crippen LogP contribution in [0.3, 0.4) is 0 Å². The SMILES string of the molecule is Cc1cccc(Oc2ncccc2NC(=O)NCCCC(=O)O)c1C. The third-order valence-electron chi connectivity index (χ3n) is 3.63. The molecule has 0 bridgehead atoms. The van der Waals surface area contributed by atoms with Gasteiger partial charge in [-0.1, -0.05) is 12.1 Å². The van der Waals surface area contributed by atoms with Gasteiger partial charge in [0.05, 0.1) is 0 Å². The van der Waals surface area contributed by atoms with Gasteiger partial charge in [0.1, 0.15) is 11.4 Å². The van der Waals surface area contributed by atoms with Crippen LogP contribution in [0.2, 0.25) is 0 Å². The second-order valence-electron chi connectivity index (χ2n) is 5.53. The van der Waals surface area contributed by atoms with E-state index in [2.05, 4.69) is 15.6 Å². The molecule has 0 fully saturated rings. The number of carbonyl (C=O) groups is 2. The first-order valence-corrected chi connectivity index (χ1v) is 7.93. The Balaban J connectivity index is 2.01. The molecule has 1 aromatic carbocycles. The van der Waals surface area contributed by atoms with E-state index in [-0.39, 0.29) is 18.8 Å². The van der Waals surface area contributed by atoms with Crippen molar-refractivity contribution in [2.24, 2.45) is 0 Å². The maximum absolute atomic E-state index is 11.9. The summed E-state index contributed by atoms with van der Waals surface area (Å²) >= 11 is 0. The molecule has 0 aliphatic heterocycles. The number of urea groups is 1. The summed E-state index contributed by atoms with van der Waals surface area (Å²) in [5, 5.41) is 13.8. The number of carboxylic acid groups (broad SMARTS) is 1. The number of nitrogens with zero attached hydrogens (tertiary/aromatic N) is 1. The van der Waals surface area contributed by atoms with Crippen molar-refractivity contribution >= 4 is 17.7 Å². The maximum atomic E-state index is 11.9. The molecule has 7 heteroatoms. The van der Waals surface area contributed by atoms with E-state index in [0.29, 0.717) is 17.9 Å². The van der Waals surface area contributed by atoms with Crippen LogP contribution < -0.4 is 15.4 Å². The van der Waals surface area contributed by atoms with Crippen LogP contribution in [0.4, 0.5) is 10.5 Å². The Hall–Kier alpha value is -3.09. The summed E-state index contributed by atoms with van der Waals surface area (Å²) in [6.07, 6.45) is 1.95. The number of carbonyl (C=O) groups excluding carboxylic acids is 1. The van der Waals surface area contributed by atoms with Crippen molar-refractivity contribution < 1.29 is 19.4 Å². The highest BCUT2D eigenvalue weighted by molar-refractivity contribution is 5.90. The number of amides is 2. The lowest BCUT2D eigenvalue weighted by Gasteiger charge is -2.13. The van der Waals surface area contributed by atoms with Gasteiger partial charge < -0.3 is 20.5 Å². The fraction of sp³-hybridized carbons (Fsp3) is 0.278. The molecule has 7 nitrogen and oxygen atoms in total. The normalized spacial score (nSPS) is 10.2. The Morgan fingerprint density at radius 1 is 1.20 bits per heavy atom. The number of hydrogen-bond acceptors (Lipinski definition) is 4. The van der Waals surface area contributed by atoms with Gasteiger partial charge in [0.25, 0.3) is 0 Å². The van der Waals surface area contributed by atoms with Crippen molar-refractivity contribution in [2.45, 2.75) is 26.7 Å². The van der Waals surface area contributed by atoms with Crippen LogP contribution in [0.25, 0.3) is 0 Å². The molecule has 2 amide bonds. The summed E-state index contributed by atoms with van der Waals surface area (Å²) < 4.78 is 5.85. The minimum atomic E-state index is -0.890. The van der Waals surface area contributed by atoms with Gasteiger partial charge in [-0.3, -0.25) is 4.79 Å². The summed E-state index contributed by atoms with van der Waals surface area (Å²) in [5.74, 6) is 0.0687. The molecule has 0 unspecified atom stereocenters. The first-order chi connectivity index (χ1) is 12.0. The van der Waals surface area contributed by atoms with E-state index in [9.17, 15) is 9.59 Å². The van der Waals surface area contributed by atoms with Crippen molar-refractivity contribution in [1.29, 1.82) is 0 Å². The molecule has 0 radical (unpaired) electrons. The average molecular weight is 343 g/mol. The van der Waals surface area contributed by atoms with Crippen LogP contribution in [0.15, 0.2) is 36.5 Å². The summed E-state index contributed by atoms with van der Waals surface area (Å²) in [6.45, 7) is 4.21. The molecule has 132 valence electrons. The molecule has 3 N–H and O–H groups in total. The molecule has 0 saturated heterocycles. The predicted molar refractivity (Wildman–Crippen MR) is 94.1 cm³/mol. The Kier molecular flexibility index (Phi) is 6.33. The summed E-state index contributed by atoms with van der Waals surface area (Å²) in [7, 11) is 0. The minimum Gasteiger partial charge on any atom is -0.481 e. The molecule has 25 heavy (non-hydrogen) atoms. The van der Waals surface area contributed by atoms with Crippen LogP contribution >= 0.6 is 0 Å². The first-order valence-electron chi connectivity index (χ1n) is 7.93.